The lowest BCUT2D eigenvalue weighted by Gasteiger charge is -2.35. The summed E-state index contributed by atoms with van der Waals surface area (Å²) in [6.07, 6.45) is 2.62. The predicted octanol–water partition coefficient (Wildman–Crippen LogP) is 2.46. The minimum atomic E-state index is 0. The summed E-state index contributed by atoms with van der Waals surface area (Å²) < 4.78 is 0. The summed E-state index contributed by atoms with van der Waals surface area (Å²) in [5.41, 5.74) is 0.775. The van der Waals surface area contributed by atoms with Crippen LogP contribution in [0.3, 0.4) is 0 Å². The Balaban J connectivity index is 0.00000180. The summed E-state index contributed by atoms with van der Waals surface area (Å²) in [5, 5.41) is 22.9. The Morgan fingerprint density at radius 3 is 2.50 bits per heavy atom. The third-order valence-corrected chi connectivity index (χ3v) is 3.35. The molecular weight excluding hydrogens is 299 g/mol. The molecule has 3 N–H and O–H groups in total. The van der Waals surface area contributed by atoms with Crippen molar-refractivity contribution in [2.24, 2.45) is 0 Å². The number of hydrogen-bond acceptors (Lipinski definition) is 4. The van der Waals surface area contributed by atoms with E-state index in [0.717, 1.165) is 38.2 Å². The molecule has 1 heterocycles. The number of halogens is 2. The first-order valence-corrected chi connectivity index (χ1v) is 6.30. The quantitative estimate of drug-likeness (QED) is 0.589. The minimum Gasteiger partial charge on any atom is -0.508 e. The van der Waals surface area contributed by atoms with Crippen LogP contribution in [-0.2, 0) is 0 Å². The fourth-order valence-electron chi connectivity index (χ4n) is 2.43. The SMILES string of the molecule is C=CC[C@@H](c1cc(O)ccc1O)N1CCNCC1.Cl.Cl. The van der Waals surface area contributed by atoms with Crippen molar-refractivity contribution < 1.29 is 10.2 Å². The van der Waals surface area contributed by atoms with Gasteiger partial charge >= 0.3 is 0 Å². The highest BCUT2D eigenvalue weighted by Gasteiger charge is 2.23. The highest BCUT2D eigenvalue weighted by Crippen LogP contribution is 2.34. The second-order valence-corrected chi connectivity index (χ2v) is 4.57. The third kappa shape index (κ3) is 4.56. The highest BCUT2D eigenvalue weighted by molar-refractivity contribution is 5.85. The Kier molecular flexibility index (Phi) is 8.65. The van der Waals surface area contributed by atoms with Crippen molar-refractivity contribution >= 4 is 24.8 Å². The number of phenolic OH excluding ortho intramolecular Hbond substituents is 2. The fourth-order valence-corrected chi connectivity index (χ4v) is 2.43. The van der Waals surface area contributed by atoms with Gasteiger partial charge in [0.05, 0.1) is 0 Å². The van der Waals surface area contributed by atoms with Gasteiger partial charge in [-0.2, -0.15) is 0 Å². The maximum atomic E-state index is 9.97. The first-order valence-electron chi connectivity index (χ1n) is 6.30. The van der Waals surface area contributed by atoms with E-state index in [1.54, 1.807) is 12.1 Å². The molecule has 0 bridgehead atoms. The fraction of sp³-hybridized carbons (Fsp3) is 0.429. The zero-order chi connectivity index (χ0) is 13.0. The zero-order valence-corrected chi connectivity index (χ0v) is 12.9. The van der Waals surface area contributed by atoms with Crippen molar-refractivity contribution in [3.63, 3.8) is 0 Å². The van der Waals surface area contributed by atoms with Gasteiger partial charge in [-0.05, 0) is 24.6 Å². The molecule has 1 aromatic rings. The van der Waals surface area contributed by atoms with Crippen LogP contribution in [0.2, 0.25) is 0 Å². The lowest BCUT2D eigenvalue weighted by atomic mass is 10.00. The van der Waals surface area contributed by atoms with Crippen molar-refractivity contribution in [2.45, 2.75) is 12.5 Å². The molecule has 0 aliphatic carbocycles. The van der Waals surface area contributed by atoms with Crippen LogP contribution in [-0.4, -0.2) is 41.3 Å². The summed E-state index contributed by atoms with van der Waals surface area (Å²) in [4.78, 5) is 2.31. The summed E-state index contributed by atoms with van der Waals surface area (Å²) in [7, 11) is 0. The van der Waals surface area contributed by atoms with Gasteiger partial charge in [-0.1, -0.05) is 6.08 Å². The molecule has 6 heteroatoms. The van der Waals surface area contributed by atoms with Gasteiger partial charge in [-0.3, -0.25) is 4.90 Å². The molecule has 0 unspecified atom stereocenters. The summed E-state index contributed by atoms with van der Waals surface area (Å²) >= 11 is 0. The van der Waals surface area contributed by atoms with E-state index in [0.29, 0.717) is 0 Å². The first kappa shape index (κ1) is 19.1. The van der Waals surface area contributed by atoms with E-state index < -0.39 is 0 Å². The van der Waals surface area contributed by atoms with Crippen molar-refractivity contribution in [1.82, 2.24) is 10.2 Å². The highest BCUT2D eigenvalue weighted by atomic mass is 35.5. The Hall–Kier alpha value is -0.940. The van der Waals surface area contributed by atoms with Gasteiger partial charge in [-0.25, -0.2) is 0 Å². The van der Waals surface area contributed by atoms with Gasteiger partial charge in [0.1, 0.15) is 11.5 Å². The van der Waals surface area contributed by atoms with Crippen LogP contribution in [0.25, 0.3) is 0 Å². The topological polar surface area (TPSA) is 55.7 Å². The monoisotopic (exact) mass is 320 g/mol. The number of phenols is 2. The lowest BCUT2D eigenvalue weighted by Crippen LogP contribution is -2.45. The number of rotatable bonds is 4. The van der Waals surface area contributed by atoms with E-state index in [1.807, 2.05) is 6.08 Å². The molecule has 1 atom stereocenters. The van der Waals surface area contributed by atoms with Crippen LogP contribution in [0.15, 0.2) is 30.9 Å². The summed E-state index contributed by atoms with van der Waals surface area (Å²) in [6.45, 7) is 7.57. The number of nitrogens with zero attached hydrogens (tertiary/aromatic N) is 1. The van der Waals surface area contributed by atoms with Gasteiger partial charge in [0.15, 0.2) is 0 Å². The van der Waals surface area contributed by atoms with Crippen LogP contribution in [0.5, 0.6) is 11.5 Å². The largest absolute Gasteiger partial charge is 0.508 e. The minimum absolute atomic E-state index is 0. The Labute approximate surface area is 132 Å². The van der Waals surface area contributed by atoms with Crippen LogP contribution >= 0.6 is 24.8 Å². The molecule has 1 aliphatic rings. The van der Waals surface area contributed by atoms with Crippen LogP contribution in [0, 0.1) is 0 Å². The Bertz CT molecular complexity index is 424. The van der Waals surface area contributed by atoms with E-state index in [-0.39, 0.29) is 42.4 Å². The van der Waals surface area contributed by atoms with E-state index in [1.165, 1.54) is 6.07 Å². The number of nitrogens with one attached hydrogen (secondary N) is 1. The van der Waals surface area contributed by atoms with Crippen molar-refractivity contribution in [1.29, 1.82) is 0 Å². The third-order valence-electron chi connectivity index (χ3n) is 3.35. The average molecular weight is 321 g/mol. The average Bonchev–Trinajstić information content (AvgIpc) is 2.40. The van der Waals surface area contributed by atoms with E-state index in [4.69, 9.17) is 0 Å². The molecule has 114 valence electrons. The first-order chi connectivity index (χ1) is 8.72. The molecule has 20 heavy (non-hydrogen) atoms. The molecular formula is C14H22Cl2N2O2. The van der Waals surface area contributed by atoms with Gasteiger partial charge in [0.2, 0.25) is 0 Å². The lowest BCUT2D eigenvalue weighted by molar-refractivity contribution is 0.171. The molecule has 1 fully saturated rings. The van der Waals surface area contributed by atoms with Crippen molar-refractivity contribution in [3.05, 3.63) is 36.4 Å². The molecule has 1 aromatic carbocycles. The molecule has 0 aromatic heterocycles. The molecule has 1 saturated heterocycles. The number of benzene rings is 1. The van der Waals surface area contributed by atoms with E-state index in [2.05, 4.69) is 16.8 Å². The number of piperazine rings is 1. The normalized spacial score (nSPS) is 16.6. The molecule has 0 radical (unpaired) electrons. The molecule has 0 saturated carbocycles. The van der Waals surface area contributed by atoms with Gasteiger partial charge in [0, 0.05) is 37.8 Å². The maximum absolute atomic E-state index is 9.97. The van der Waals surface area contributed by atoms with Crippen LogP contribution < -0.4 is 5.32 Å². The Morgan fingerprint density at radius 2 is 1.90 bits per heavy atom. The van der Waals surface area contributed by atoms with Crippen molar-refractivity contribution in [2.75, 3.05) is 26.2 Å². The van der Waals surface area contributed by atoms with Gasteiger partial charge in [-0.15, -0.1) is 31.4 Å². The van der Waals surface area contributed by atoms with E-state index in [9.17, 15) is 10.2 Å². The van der Waals surface area contributed by atoms with Gasteiger partial charge < -0.3 is 15.5 Å². The Morgan fingerprint density at radius 1 is 1.25 bits per heavy atom. The van der Waals surface area contributed by atoms with Crippen molar-refractivity contribution in [3.8, 4) is 11.5 Å². The standard InChI is InChI=1S/C14H20N2O2.2ClH/c1-2-3-13(16-8-6-15-7-9-16)12-10-11(17)4-5-14(12)18;;/h2,4-5,10,13,15,17-18H,1,3,6-9H2;2*1H/t13-;;/m0../s1. The maximum Gasteiger partial charge on any atom is 0.120 e. The molecule has 1 aliphatic heterocycles. The zero-order valence-electron chi connectivity index (χ0n) is 11.3. The summed E-state index contributed by atoms with van der Waals surface area (Å²) in [6, 6.07) is 4.77. The van der Waals surface area contributed by atoms with E-state index >= 15 is 0 Å². The van der Waals surface area contributed by atoms with Gasteiger partial charge in [0.25, 0.3) is 0 Å². The smallest absolute Gasteiger partial charge is 0.120 e. The number of hydrogen-bond donors (Lipinski definition) is 3. The molecule has 0 amide bonds. The second kappa shape index (κ2) is 9.08. The van der Waals surface area contributed by atoms with Crippen LogP contribution in [0.4, 0.5) is 0 Å². The summed E-state index contributed by atoms with van der Waals surface area (Å²) in [5.74, 6) is 0.421. The second-order valence-electron chi connectivity index (χ2n) is 4.57. The molecule has 2 rings (SSSR count). The molecule has 0 spiro atoms. The predicted molar refractivity (Wildman–Crippen MR) is 86.3 cm³/mol. The van der Waals surface area contributed by atoms with Crippen LogP contribution in [0.1, 0.15) is 18.0 Å². The molecule has 4 nitrogen and oxygen atoms in total. The number of aromatic hydroxyl groups is 2.